The van der Waals surface area contributed by atoms with Crippen LogP contribution in [0.5, 0.6) is 0 Å². The summed E-state index contributed by atoms with van der Waals surface area (Å²) in [5.41, 5.74) is 21.6. The Morgan fingerprint density at radius 2 is 1.51 bits per heavy atom. The van der Waals surface area contributed by atoms with Crippen LogP contribution in [0.2, 0.25) is 0 Å². The number of nitrogens with zero attached hydrogens (tertiary/aromatic N) is 2. The molecule has 0 bridgehead atoms. The summed E-state index contributed by atoms with van der Waals surface area (Å²) in [5.74, 6) is -0.129. The summed E-state index contributed by atoms with van der Waals surface area (Å²) in [5, 5.41) is 5.60. The number of aromatic nitrogens is 1. The first-order valence-electron chi connectivity index (χ1n) is 11.4. The Morgan fingerprint density at radius 1 is 0.923 bits per heavy atom. The highest BCUT2D eigenvalue weighted by molar-refractivity contribution is 7.92. The Kier molecular flexibility index (Phi) is 9.34. The first-order valence-corrected chi connectivity index (χ1v) is 14.3. The van der Waals surface area contributed by atoms with E-state index in [-0.39, 0.29) is 18.3 Å². The van der Waals surface area contributed by atoms with Crippen LogP contribution in [0, 0.1) is 10.2 Å². The third kappa shape index (κ3) is 8.81. The average molecular weight is 578 g/mol. The second kappa shape index (κ2) is 12.3. The third-order valence-corrected chi connectivity index (χ3v) is 6.85. The van der Waals surface area contributed by atoms with Crippen LogP contribution in [0.4, 0.5) is 22.7 Å². The molecule has 1 heterocycles. The molecule has 4 aromatic rings. The number of guanidine groups is 1. The van der Waals surface area contributed by atoms with Crippen LogP contribution in [0.15, 0.2) is 71.7 Å². The van der Waals surface area contributed by atoms with Gasteiger partial charge in [0.05, 0.1) is 22.2 Å². The van der Waals surface area contributed by atoms with Gasteiger partial charge in [-0.05, 0) is 48.9 Å². The van der Waals surface area contributed by atoms with Gasteiger partial charge in [0.25, 0.3) is 0 Å². The van der Waals surface area contributed by atoms with Crippen molar-refractivity contribution < 1.29 is 41.9 Å². The Labute approximate surface area is 227 Å². The van der Waals surface area contributed by atoms with Gasteiger partial charge in [-0.3, -0.25) is 9.71 Å². The van der Waals surface area contributed by atoms with Crippen LogP contribution in [0.25, 0.3) is 21.8 Å². The average Bonchev–Trinajstić information content (AvgIpc) is 2.84. The molecule has 0 amide bonds. The topological polar surface area (TPSA) is 245 Å². The van der Waals surface area contributed by atoms with Gasteiger partial charge in [0, 0.05) is 35.7 Å². The quantitative estimate of drug-likeness (QED) is 0.0377. The van der Waals surface area contributed by atoms with E-state index in [1.54, 1.807) is 12.1 Å². The van der Waals surface area contributed by atoms with E-state index in [0.29, 0.717) is 17.8 Å². The van der Waals surface area contributed by atoms with Crippen molar-refractivity contribution in [2.75, 3.05) is 28.1 Å². The number of rotatable bonds is 8. The second-order valence-electron chi connectivity index (χ2n) is 8.39. The summed E-state index contributed by atoms with van der Waals surface area (Å²) < 4.78 is 63.3. The first kappa shape index (κ1) is 29.6. The van der Waals surface area contributed by atoms with E-state index in [1.165, 1.54) is 0 Å². The normalized spacial score (nSPS) is 11.5. The Morgan fingerprint density at radius 3 is 2.15 bits per heavy atom. The molecule has 13 nitrogen and oxygen atoms in total. The van der Waals surface area contributed by atoms with E-state index >= 15 is 0 Å². The monoisotopic (exact) mass is 577 g/mol. The summed E-state index contributed by atoms with van der Waals surface area (Å²) in [4.78, 5) is 3.80. The van der Waals surface area contributed by atoms with Gasteiger partial charge < -0.3 is 22.5 Å². The van der Waals surface area contributed by atoms with Crippen molar-refractivity contribution in [3.8, 4) is 0 Å². The number of halogens is 1. The Balaban J connectivity index is 0.000000771. The number of fused-ring (bicyclic) bond motifs is 2. The zero-order chi connectivity index (χ0) is 28.8. The molecule has 0 aliphatic carbocycles. The zero-order valence-corrected chi connectivity index (χ0v) is 22.4. The van der Waals surface area contributed by atoms with Crippen molar-refractivity contribution in [1.82, 2.24) is 0 Å². The number of aryl methyl sites for hydroxylation is 1. The maximum Gasteiger partial charge on any atom is 0.232 e. The van der Waals surface area contributed by atoms with Crippen LogP contribution in [-0.2, 0) is 17.1 Å². The number of aliphatic imine (C=N–C) groups is 1. The standard InChI is InChI=1S/C24H27N7O2S.ClHO4/c1-31-21-6-3-2-5-19(21)23(20-12-7-16(25)15-22(20)31)29-17-8-10-18(11-9-17)30-34(32,33)14-4-13-28-24(26)27;2-1(3,4)5/h2-3,5-12,15,30H,4,13-14H2,1H3,(H6,25,26,27,28,29);(H,2,3,4,5). The van der Waals surface area contributed by atoms with E-state index in [2.05, 4.69) is 31.7 Å². The van der Waals surface area contributed by atoms with Gasteiger partial charge in [0.1, 0.15) is 7.05 Å². The fourth-order valence-corrected chi connectivity index (χ4v) is 4.99. The predicted octanol–water partition coefficient (Wildman–Crippen LogP) is -2.21. The van der Waals surface area contributed by atoms with Gasteiger partial charge in [-0.2, -0.15) is 4.57 Å². The fourth-order valence-electron chi connectivity index (χ4n) is 3.88. The lowest BCUT2D eigenvalue weighted by Gasteiger charge is -2.17. The highest BCUT2D eigenvalue weighted by Gasteiger charge is 2.18. The molecule has 0 spiro atoms. The lowest BCUT2D eigenvalue weighted by Crippen LogP contribution is -2.68. The summed E-state index contributed by atoms with van der Waals surface area (Å²) in [6.45, 7) is 0.258. The zero-order valence-electron chi connectivity index (χ0n) is 20.8. The molecule has 1 aromatic heterocycles. The molecule has 8 N–H and O–H groups in total. The Hall–Kier alpha value is -3.92. The van der Waals surface area contributed by atoms with Gasteiger partial charge in [-0.1, -0.05) is 12.1 Å². The molecule has 15 heteroatoms. The van der Waals surface area contributed by atoms with E-state index in [1.807, 2.05) is 49.5 Å². The summed E-state index contributed by atoms with van der Waals surface area (Å²) in [6.07, 6.45) is 0.322. The third-order valence-electron chi connectivity index (χ3n) is 5.48. The number of pyridine rings is 1. The minimum absolute atomic E-state index is 0.0513. The minimum Gasteiger partial charge on any atom is -0.399 e. The number of benzene rings is 3. The minimum atomic E-state index is -4.94. The molecule has 4 rings (SSSR count). The van der Waals surface area contributed by atoms with E-state index in [0.717, 1.165) is 33.2 Å². The predicted molar refractivity (Wildman–Crippen MR) is 139 cm³/mol. The lowest BCUT2D eigenvalue weighted by molar-refractivity contribution is -2.00. The molecular weight excluding hydrogens is 550 g/mol. The molecular formula is C24H28ClN7O6S. The molecule has 0 radical (unpaired) electrons. The van der Waals surface area contributed by atoms with Crippen molar-refractivity contribution in [2.45, 2.75) is 6.42 Å². The number of nitrogen functional groups attached to an aromatic ring is 1. The molecule has 0 aliphatic heterocycles. The van der Waals surface area contributed by atoms with Crippen molar-refractivity contribution in [2.24, 2.45) is 23.5 Å². The Bertz CT molecular complexity index is 1580. The molecule has 0 atom stereocenters. The van der Waals surface area contributed by atoms with Crippen LogP contribution in [0.3, 0.4) is 0 Å². The van der Waals surface area contributed by atoms with Crippen molar-refractivity contribution in [1.29, 1.82) is 0 Å². The molecule has 208 valence electrons. The van der Waals surface area contributed by atoms with Crippen molar-refractivity contribution in [3.63, 3.8) is 0 Å². The number of anilines is 4. The number of hydrogen-bond donors (Lipinski definition) is 5. The largest absolute Gasteiger partial charge is 0.399 e. The summed E-state index contributed by atoms with van der Waals surface area (Å²) in [7, 11) is -6.43. The highest BCUT2D eigenvalue weighted by atomic mass is 35.7. The van der Waals surface area contributed by atoms with Crippen molar-refractivity contribution in [3.05, 3.63) is 66.7 Å². The van der Waals surface area contributed by atoms with Crippen molar-refractivity contribution >= 4 is 60.5 Å². The maximum atomic E-state index is 12.3. The SMILES string of the molecule is C[n+]1c2ccccc2c(Nc2ccc(NS(=O)(=O)CCCN=C(N)N)cc2)c2ccc(N)cc21.[O-][Cl+3]([O-])([O-])[O-]. The van der Waals surface area contributed by atoms with E-state index in [4.69, 9.17) is 35.8 Å². The smallest absolute Gasteiger partial charge is 0.232 e. The first-order chi connectivity index (χ1) is 18.2. The molecule has 0 saturated carbocycles. The number of nitrogens with two attached hydrogens (primary N) is 3. The van der Waals surface area contributed by atoms with E-state index < -0.39 is 20.3 Å². The molecule has 0 unspecified atom stereocenters. The van der Waals surface area contributed by atoms with Crippen LogP contribution in [0.1, 0.15) is 6.42 Å². The molecule has 0 saturated heterocycles. The van der Waals surface area contributed by atoms with Gasteiger partial charge in [-0.15, -0.1) is 10.2 Å². The number of sulfonamides is 1. The van der Waals surface area contributed by atoms with Crippen LogP contribution < -0.4 is 50.4 Å². The summed E-state index contributed by atoms with van der Waals surface area (Å²) >= 11 is 0. The van der Waals surface area contributed by atoms with Gasteiger partial charge >= 0.3 is 0 Å². The molecule has 0 aliphatic rings. The number of nitrogens with one attached hydrogen (secondary N) is 2. The molecule has 3 aromatic carbocycles. The molecule has 0 fully saturated rings. The number of hydrogen-bond acceptors (Lipinski definition) is 9. The van der Waals surface area contributed by atoms with Crippen LogP contribution >= 0.6 is 0 Å². The lowest BCUT2D eigenvalue weighted by atomic mass is 10.1. The number of para-hydroxylation sites is 1. The van der Waals surface area contributed by atoms with Gasteiger partial charge in [0.15, 0.2) is 5.96 Å². The maximum absolute atomic E-state index is 12.3. The highest BCUT2D eigenvalue weighted by Crippen LogP contribution is 2.33. The molecule has 39 heavy (non-hydrogen) atoms. The second-order valence-corrected chi connectivity index (χ2v) is 11.0. The van der Waals surface area contributed by atoms with E-state index in [9.17, 15) is 8.42 Å². The van der Waals surface area contributed by atoms with Gasteiger partial charge in [0.2, 0.25) is 21.1 Å². The van der Waals surface area contributed by atoms with Crippen LogP contribution in [-0.4, -0.2) is 26.7 Å². The van der Waals surface area contributed by atoms with Gasteiger partial charge in [-0.25, -0.2) is 27.1 Å². The fraction of sp³-hybridized carbons (Fsp3) is 0.167. The summed E-state index contributed by atoms with van der Waals surface area (Å²) in [6, 6.07) is 21.1.